The SMILES string of the molecule is NC(CCc1ccccc1)C(=O)OCOCCO[N+](=O)[O-]. The summed E-state index contributed by atoms with van der Waals surface area (Å²) in [5.74, 6) is -0.568. The van der Waals surface area contributed by atoms with Crippen LogP contribution in [0, 0.1) is 10.1 Å². The van der Waals surface area contributed by atoms with Crippen LogP contribution in [0.1, 0.15) is 12.0 Å². The smallest absolute Gasteiger partial charge is 0.325 e. The summed E-state index contributed by atoms with van der Waals surface area (Å²) in [6.07, 6.45) is 1.14. The molecule has 116 valence electrons. The Hall–Kier alpha value is -2.19. The number of aryl methyl sites for hydroxylation is 1. The van der Waals surface area contributed by atoms with Crippen LogP contribution in [0.4, 0.5) is 0 Å². The number of rotatable bonds is 10. The molecule has 0 amide bonds. The van der Waals surface area contributed by atoms with Gasteiger partial charge < -0.3 is 20.0 Å². The van der Waals surface area contributed by atoms with Gasteiger partial charge in [0.1, 0.15) is 12.6 Å². The van der Waals surface area contributed by atoms with Crippen molar-refractivity contribution in [2.75, 3.05) is 20.0 Å². The van der Waals surface area contributed by atoms with Crippen molar-refractivity contribution in [3.05, 3.63) is 46.0 Å². The van der Waals surface area contributed by atoms with Gasteiger partial charge in [0.25, 0.3) is 5.09 Å². The zero-order valence-corrected chi connectivity index (χ0v) is 11.5. The number of benzene rings is 1. The highest BCUT2D eigenvalue weighted by atomic mass is 17.0. The number of carbonyl (C=O) groups is 1. The summed E-state index contributed by atoms with van der Waals surface area (Å²) in [5, 5.41) is 8.92. The molecule has 0 radical (unpaired) electrons. The van der Waals surface area contributed by atoms with Crippen molar-refractivity contribution in [2.45, 2.75) is 18.9 Å². The van der Waals surface area contributed by atoms with E-state index in [9.17, 15) is 14.9 Å². The fourth-order valence-electron chi connectivity index (χ4n) is 1.52. The van der Waals surface area contributed by atoms with Crippen LogP contribution >= 0.6 is 0 Å². The minimum absolute atomic E-state index is 0.0481. The van der Waals surface area contributed by atoms with E-state index in [0.29, 0.717) is 12.8 Å². The van der Waals surface area contributed by atoms with Gasteiger partial charge in [0.2, 0.25) is 0 Å². The molecule has 0 heterocycles. The van der Waals surface area contributed by atoms with E-state index in [4.69, 9.17) is 15.2 Å². The van der Waals surface area contributed by atoms with E-state index >= 15 is 0 Å². The average Bonchev–Trinajstić information content (AvgIpc) is 2.48. The molecule has 0 saturated carbocycles. The van der Waals surface area contributed by atoms with Gasteiger partial charge in [-0.05, 0) is 18.4 Å². The Labute approximate surface area is 121 Å². The van der Waals surface area contributed by atoms with Crippen LogP contribution in [0.25, 0.3) is 0 Å². The number of hydrogen-bond acceptors (Lipinski definition) is 7. The fourth-order valence-corrected chi connectivity index (χ4v) is 1.52. The van der Waals surface area contributed by atoms with Crippen molar-refractivity contribution < 1.29 is 24.2 Å². The summed E-state index contributed by atoms with van der Waals surface area (Å²) < 4.78 is 9.63. The minimum Gasteiger partial charge on any atom is -0.437 e. The molecule has 8 heteroatoms. The number of esters is 1. The Morgan fingerprint density at radius 1 is 1.29 bits per heavy atom. The van der Waals surface area contributed by atoms with E-state index in [2.05, 4.69) is 4.84 Å². The molecule has 1 unspecified atom stereocenters. The third-order valence-electron chi connectivity index (χ3n) is 2.60. The van der Waals surface area contributed by atoms with Gasteiger partial charge >= 0.3 is 5.97 Å². The molecule has 1 aromatic rings. The van der Waals surface area contributed by atoms with E-state index in [0.717, 1.165) is 5.56 Å². The molecule has 1 rings (SSSR count). The second-order valence-corrected chi connectivity index (χ2v) is 4.18. The van der Waals surface area contributed by atoms with Crippen molar-refractivity contribution in [3.8, 4) is 0 Å². The molecule has 0 aliphatic heterocycles. The van der Waals surface area contributed by atoms with Gasteiger partial charge in [-0.2, -0.15) is 0 Å². The Kier molecular flexibility index (Phi) is 7.77. The third kappa shape index (κ3) is 7.85. The van der Waals surface area contributed by atoms with Crippen molar-refractivity contribution >= 4 is 5.97 Å². The van der Waals surface area contributed by atoms with E-state index in [1.807, 2.05) is 30.3 Å². The summed E-state index contributed by atoms with van der Waals surface area (Å²) in [6, 6.07) is 8.92. The van der Waals surface area contributed by atoms with Crippen LogP contribution in [0.5, 0.6) is 0 Å². The van der Waals surface area contributed by atoms with Gasteiger partial charge in [-0.3, -0.25) is 4.79 Å². The van der Waals surface area contributed by atoms with E-state index in [1.54, 1.807) is 0 Å². The molecule has 8 nitrogen and oxygen atoms in total. The molecule has 0 aliphatic rings. The van der Waals surface area contributed by atoms with Gasteiger partial charge in [-0.15, -0.1) is 10.1 Å². The Morgan fingerprint density at radius 2 is 2.00 bits per heavy atom. The lowest BCUT2D eigenvalue weighted by Crippen LogP contribution is -2.33. The summed E-state index contributed by atoms with van der Waals surface area (Å²) in [6.45, 7) is -0.572. The molecule has 0 aromatic heterocycles. The largest absolute Gasteiger partial charge is 0.437 e. The quantitative estimate of drug-likeness (QED) is 0.222. The first-order valence-corrected chi connectivity index (χ1v) is 6.41. The fraction of sp³-hybridized carbons (Fsp3) is 0.462. The highest BCUT2D eigenvalue weighted by molar-refractivity contribution is 5.75. The maximum absolute atomic E-state index is 11.5. The predicted molar refractivity (Wildman–Crippen MR) is 72.6 cm³/mol. The van der Waals surface area contributed by atoms with Crippen LogP contribution in [-0.2, 0) is 25.5 Å². The van der Waals surface area contributed by atoms with Gasteiger partial charge in [0.15, 0.2) is 6.79 Å². The maximum atomic E-state index is 11.5. The van der Waals surface area contributed by atoms with Crippen molar-refractivity contribution in [3.63, 3.8) is 0 Å². The Balaban J connectivity index is 2.09. The molecule has 0 fully saturated rings. The molecule has 0 saturated heterocycles. The second kappa shape index (κ2) is 9.67. The normalized spacial score (nSPS) is 11.7. The monoisotopic (exact) mass is 298 g/mol. The van der Waals surface area contributed by atoms with E-state index in [1.165, 1.54) is 0 Å². The summed E-state index contributed by atoms with van der Waals surface area (Å²) in [4.78, 5) is 25.4. The molecule has 21 heavy (non-hydrogen) atoms. The van der Waals surface area contributed by atoms with Gasteiger partial charge in [0.05, 0.1) is 6.61 Å². The molecular weight excluding hydrogens is 280 g/mol. The standard InChI is InChI=1S/C13H18N2O6/c14-12(7-6-11-4-2-1-3-5-11)13(16)20-10-19-8-9-21-15(17)18/h1-5,12H,6-10,14H2. The van der Waals surface area contributed by atoms with Crippen molar-refractivity contribution in [1.82, 2.24) is 0 Å². The number of carbonyl (C=O) groups excluding carboxylic acids is 1. The molecule has 1 atom stereocenters. The number of hydrogen-bond donors (Lipinski definition) is 1. The van der Waals surface area contributed by atoms with E-state index in [-0.39, 0.29) is 20.0 Å². The van der Waals surface area contributed by atoms with Crippen LogP contribution in [0.2, 0.25) is 0 Å². The summed E-state index contributed by atoms with van der Waals surface area (Å²) in [7, 11) is 0. The summed E-state index contributed by atoms with van der Waals surface area (Å²) >= 11 is 0. The summed E-state index contributed by atoms with van der Waals surface area (Å²) in [5.41, 5.74) is 6.79. The number of nitrogens with two attached hydrogens (primary N) is 1. The minimum atomic E-state index is -0.922. The van der Waals surface area contributed by atoms with Crippen molar-refractivity contribution in [1.29, 1.82) is 0 Å². The number of nitrogens with zero attached hydrogens (tertiary/aromatic N) is 1. The molecule has 0 bridgehead atoms. The first kappa shape index (κ1) is 16.9. The van der Waals surface area contributed by atoms with E-state index < -0.39 is 17.1 Å². The maximum Gasteiger partial charge on any atom is 0.325 e. The number of ether oxygens (including phenoxy) is 2. The molecule has 0 aliphatic carbocycles. The zero-order chi connectivity index (χ0) is 15.5. The molecular formula is C13H18N2O6. The highest BCUT2D eigenvalue weighted by Gasteiger charge is 2.14. The van der Waals surface area contributed by atoms with Crippen LogP contribution in [0.3, 0.4) is 0 Å². The van der Waals surface area contributed by atoms with Crippen LogP contribution in [-0.4, -0.2) is 37.1 Å². The lowest BCUT2D eigenvalue weighted by atomic mass is 10.1. The topological polar surface area (TPSA) is 114 Å². The lowest BCUT2D eigenvalue weighted by molar-refractivity contribution is -0.758. The average molecular weight is 298 g/mol. The van der Waals surface area contributed by atoms with Gasteiger partial charge in [-0.25, -0.2) is 0 Å². The molecule has 2 N–H and O–H groups in total. The lowest BCUT2D eigenvalue weighted by Gasteiger charge is -2.11. The van der Waals surface area contributed by atoms with Gasteiger partial charge in [0, 0.05) is 0 Å². The van der Waals surface area contributed by atoms with Crippen LogP contribution in [0.15, 0.2) is 30.3 Å². The van der Waals surface area contributed by atoms with Crippen molar-refractivity contribution in [2.24, 2.45) is 5.73 Å². The third-order valence-corrected chi connectivity index (χ3v) is 2.60. The molecule has 1 aromatic carbocycles. The highest BCUT2D eigenvalue weighted by Crippen LogP contribution is 2.04. The molecule has 0 spiro atoms. The Morgan fingerprint density at radius 3 is 2.67 bits per heavy atom. The predicted octanol–water partition coefficient (Wildman–Crippen LogP) is 0.672. The Bertz CT molecular complexity index is 440. The second-order valence-electron chi connectivity index (χ2n) is 4.18. The van der Waals surface area contributed by atoms with Crippen LogP contribution < -0.4 is 5.73 Å². The van der Waals surface area contributed by atoms with Gasteiger partial charge in [-0.1, -0.05) is 30.3 Å². The zero-order valence-electron chi connectivity index (χ0n) is 11.5. The first-order valence-electron chi connectivity index (χ1n) is 6.41. The first-order chi connectivity index (χ1) is 10.1.